The van der Waals surface area contributed by atoms with E-state index in [1.165, 1.54) is 12.0 Å². The largest absolute Gasteiger partial charge is 0.497 e. The van der Waals surface area contributed by atoms with E-state index in [0.717, 1.165) is 6.42 Å². The molecule has 1 aliphatic rings. The first kappa shape index (κ1) is 14.7. The van der Waals surface area contributed by atoms with Gasteiger partial charge in [-0.25, -0.2) is 0 Å². The number of hydrogen-bond acceptors (Lipinski definition) is 3. The Morgan fingerprint density at radius 2 is 2.20 bits per heavy atom. The van der Waals surface area contributed by atoms with E-state index >= 15 is 0 Å². The van der Waals surface area contributed by atoms with E-state index in [4.69, 9.17) is 16.3 Å². The van der Waals surface area contributed by atoms with Crippen molar-refractivity contribution in [1.29, 1.82) is 0 Å². The monoisotopic (exact) mass is 296 g/mol. The minimum absolute atomic E-state index is 0.0219. The highest BCUT2D eigenvalue weighted by Crippen LogP contribution is 2.31. The second-order valence-electron chi connectivity index (χ2n) is 4.65. The summed E-state index contributed by atoms with van der Waals surface area (Å²) >= 11 is 6.14. The van der Waals surface area contributed by atoms with Crippen molar-refractivity contribution in [1.82, 2.24) is 5.32 Å². The van der Waals surface area contributed by atoms with Gasteiger partial charge in [0.05, 0.1) is 17.8 Å². The Labute approximate surface area is 122 Å². The van der Waals surface area contributed by atoms with Gasteiger partial charge in [-0.1, -0.05) is 24.9 Å². The first-order chi connectivity index (χ1) is 9.56. The first-order valence-electron chi connectivity index (χ1n) is 6.51. The fraction of sp³-hybridized carbons (Fsp3) is 0.429. The number of carbonyl (C=O) groups excluding carboxylic acids is 2. The summed E-state index contributed by atoms with van der Waals surface area (Å²) in [6.45, 7) is 1.95. The normalized spacial score (nSPS) is 18.9. The maximum absolute atomic E-state index is 12.4. The quantitative estimate of drug-likeness (QED) is 0.924. The highest BCUT2D eigenvalue weighted by Gasteiger charge is 2.33. The molecule has 0 aliphatic carbocycles. The summed E-state index contributed by atoms with van der Waals surface area (Å²) in [5, 5.41) is 3.13. The van der Waals surface area contributed by atoms with E-state index in [-0.39, 0.29) is 18.4 Å². The van der Waals surface area contributed by atoms with Crippen molar-refractivity contribution < 1.29 is 14.3 Å². The molecule has 0 saturated carbocycles. The van der Waals surface area contributed by atoms with Crippen LogP contribution < -0.4 is 15.0 Å². The molecule has 1 fully saturated rings. The molecular weight excluding hydrogens is 280 g/mol. The van der Waals surface area contributed by atoms with Crippen LogP contribution in [0.15, 0.2) is 18.2 Å². The van der Waals surface area contributed by atoms with E-state index in [9.17, 15) is 9.59 Å². The van der Waals surface area contributed by atoms with Crippen molar-refractivity contribution in [2.75, 3.05) is 18.6 Å². The summed E-state index contributed by atoms with van der Waals surface area (Å²) in [6, 6.07) is 4.55. The van der Waals surface area contributed by atoms with Crippen molar-refractivity contribution in [3.63, 3.8) is 0 Å². The van der Waals surface area contributed by atoms with Crippen LogP contribution in [0.3, 0.4) is 0 Å². The number of piperazine rings is 1. The van der Waals surface area contributed by atoms with Crippen molar-refractivity contribution in [2.45, 2.75) is 25.8 Å². The van der Waals surface area contributed by atoms with E-state index in [1.54, 1.807) is 18.2 Å². The van der Waals surface area contributed by atoms with E-state index in [2.05, 4.69) is 5.32 Å². The van der Waals surface area contributed by atoms with Crippen LogP contribution in [-0.4, -0.2) is 31.5 Å². The number of halogens is 1. The molecule has 0 bridgehead atoms. The maximum atomic E-state index is 12.4. The van der Waals surface area contributed by atoms with Gasteiger partial charge in [0.25, 0.3) is 0 Å². The Kier molecular flexibility index (Phi) is 4.49. The summed E-state index contributed by atoms with van der Waals surface area (Å²) < 4.78 is 5.14. The van der Waals surface area contributed by atoms with Crippen molar-refractivity contribution in [3.05, 3.63) is 23.2 Å². The van der Waals surface area contributed by atoms with Crippen LogP contribution in [-0.2, 0) is 9.59 Å². The molecule has 108 valence electrons. The lowest BCUT2D eigenvalue weighted by Gasteiger charge is -2.33. The number of ether oxygens (including phenoxy) is 1. The highest BCUT2D eigenvalue weighted by atomic mass is 35.5. The summed E-state index contributed by atoms with van der Waals surface area (Å²) in [4.78, 5) is 25.6. The number of rotatable bonds is 4. The van der Waals surface area contributed by atoms with Gasteiger partial charge in [-0.3, -0.25) is 14.5 Å². The molecule has 1 unspecified atom stereocenters. The van der Waals surface area contributed by atoms with Crippen LogP contribution in [0.2, 0.25) is 5.02 Å². The summed E-state index contributed by atoms with van der Waals surface area (Å²) in [5.41, 5.74) is 0.506. The Balaban J connectivity index is 2.34. The van der Waals surface area contributed by atoms with Gasteiger partial charge < -0.3 is 10.1 Å². The van der Waals surface area contributed by atoms with Gasteiger partial charge in [0.2, 0.25) is 11.8 Å². The Morgan fingerprint density at radius 3 is 2.85 bits per heavy atom. The van der Waals surface area contributed by atoms with Crippen LogP contribution >= 0.6 is 11.6 Å². The first-order valence-corrected chi connectivity index (χ1v) is 6.89. The molecule has 1 aromatic carbocycles. The van der Waals surface area contributed by atoms with Gasteiger partial charge in [-0.05, 0) is 18.6 Å². The van der Waals surface area contributed by atoms with Gasteiger partial charge in [0.1, 0.15) is 18.3 Å². The molecule has 1 heterocycles. The van der Waals surface area contributed by atoms with Crippen LogP contribution in [0.4, 0.5) is 5.69 Å². The van der Waals surface area contributed by atoms with Crippen molar-refractivity contribution >= 4 is 29.1 Å². The smallest absolute Gasteiger partial charge is 0.250 e. The third-order valence-corrected chi connectivity index (χ3v) is 3.54. The van der Waals surface area contributed by atoms with Gasteiger partial charge >= 0.3 is 0 Å². The molecular formula is C14H17ClN2O3. The zero-order chi connectivity index (χ0) is 14.7. The summed E-state index contributed by atoms with van der Waals surface area (Å²) in [7, 11) is 1.54. The average Bonchev–Trinajstić information content (AvgIpc) is 2.43. The predicted octanol–water partition coefficient (Wildman–Crippen LogP) is 1.98. The SMILES string of the molecule is CCCC1NC(=O)CN(c2cc(OC)ccc2Cl)C1=O. The second-order valence-corrected chi connectivity index (χ2v) is 5.06. The molecule has 1 aromatic rings. The Hall–Kier alpha value is -1.75. The molecule has 5 nitrogen and oxygen atoms in total. The third-order valence-electron chi connectivity index (χ3n) is 3.22. The summed E-state index contributed by atoms with van der Waals surface area (Å²) in [6.07, 6.45) is 1.43. The van der Waals surface area contributed by atoms with E-state index in [0.29, 0.717) is 22.9 Å². The molecule has 6 heteroatoms. The number of methoxy groups -OCH3 is 1. The zero-order valence-electron chi connectivity index (χ0n) is 11.5. The van der Waals surface area contributed by atoms with Crippen molar-refractivity contribution in [2.24, 2.45) is 0 Å². The predicted molar refractivity (Wildman–Crippen MR) is 77.2 cm³/mol. The zero-order valence-corrected chi connectivity index (χ0v) is 12.2. The van der Waals surface area contributed by atoms with Gasteiger partial charge in [0, 0.05) is 6.07 Å². The fourth-order valence-electron chi connectivity index (χ4n) is 2.23. The Bertz CT molecular complexity index is 533. The average molecular weight is 297 g/mol. The lowest BCUT2D eigenvalue weighted by Crippen LogP contribution is -2.58. The second kappa shape index (κ2) is 6.13. The van der Waals surface area contributed by atoms with Gasteiger partial charge in [-0.2, -0.15) is 0 Å². The number of benzene rings is 1. The molecule has 0 spiro atoms. The third kappa shape index (κ3) is 2.88. The minimum atomic E-state index is -0.483. The topological polar surface area (TPSA) is 58.6 Å². The molecule has 0 aromatic heterocycles. The Morgan fingerprint density at radius 1 is 1.45 bits per heavy atom. The molecule has 2 rings (SSSR count). The number of hydrogen-bond donors (Lipinski definition) is 1. The lowest BCUT2D eigenvalue weighted by molar-refractivity contribution is -0.131. The lowest BCUT2D eigenvalue weighted by atomic mass is 10.1. The highest BCUT2D eigenvalue weighted by molar-refractivity contribution is 6.34. The standard InChI is InChI=1S/C14H17ClN2O3/c1-3-4-11-14(19)17(8-13(18)16-11)12-7-9(20-2)5-6-10(12)15/h5-7,11H,3-4,8H2,1-2H3,(H,16,18). The van der Waals surface area contributed by atoms with Crippen LogP contribution in [0.1, 0.15) is 19.8 Å². The van der Waals surface area contributed by atoms with Crippen LogP contribution in [0.5, 0.6) is 5.75 Å². The molecule has 1 saturated heterocycles. The van der Waals surface area contributed by atoms with Crippen LogP contribution in [0, 0.1) is 0 Å². The number of carbonyl (C=O) groups is 2. The number of anilines is 1. The number of nitrogens with zero attached hydrogens (tertiary/aromatic N) is 1. The molecule has 1 N–H and O–H groups in total. The number of nitrogens with one attached hydrogen (secondary N) is 1. The minimum Gasteiger partial charge on any atom is -0.497 e. The van der Waals surface area contributed by atoms with E-state index in [1.807, 2.05) is 6.92 Å². The molecule has 0 radical (unpaired) electrons. The number of amides is 2. The maximum Gasteiger partial charge on any atom is 0.250 e. The summed E-state index contributed by atoms with van der Waals surface area (Å²) in [5.74, 6) is 0.277. The fourth-order valence-corrected chi connectivity index (χ4v) is 2.45. The van der Waals surface area contributed by atoms with Gasteiger partial charge in [-0.15, -0.1) is 0 Å². The molecule has 2 amide bonds. The molecule has 1 atom stereocenters. The van der Waals surface area contributed by atoms with Crippen LogP contribution in [0.25, 0.3) is 0 Å². The molecule has 1 aliphatic heterocycles. The van der Waals surface area contributed by atoms with Crippen molar-refractivity contribution in [3.8, 4) is 5.75 Å². The van der Waals surface area contributed by atoms with Gasteiger partial charge in [0.15, 0.2) is 0 Å². The van der Waals surface area contributed by atoms with E-state index < -0.39 is 6.04 Å². The molecule has 20 heavy (non-hydrogen) atoms.